The highest BCUT2D eigenvalue weighted by Gasteiger charge is 2.55. The molecule has 0 spiro atoms. The minimum atomic E-state index is -2.09. The Hall–Kier alpha value is -2.46. The maximum absolute atomic E-state index is 7.94. The SMILES string of the molecule is [2H]C([2H])([2H])N1CC[C@@]23CCCC[C@@H]2[C@@H]1Cc1ccc(C)cc13.[2H]C([2H])([2H])c1ccc2c(c1)[C@]13CCCC[C@@H]1[C@H](C2)N(C([2H])([2H])[2H])CC3.[2H]C([2H])([2H])c1ccc2c(c1)[C@]13CCCC[C@@H]1[C@H](C2)N(C)CC3. The van der Waals surface area contributed by atoms with Crippen molar-refractivity contribution in [3.63, 3.8) is 0 Å². The number of benzene rings is 3. The van der Waals surface area contributed by atoms with Gasteiger partial charge in [-0.2, -0.15) is 0 Å². The smallest absolute Gasteiger partial charge is 0.0394 e. The van der Waals surface area contributed by atoms with E-state index in [1.165, 1.54) is 85.6 Å². The number of fused-ring (bicyclic) bond motifs is 3. The third-order valence-corrected chi connectivity index (χ3v) is 17.9. The van der Waals surface area contributed by atoms with Gasteiger partial charge in [0.1, 0.15) is 0 Å². The molecule has 3 heterocycles. The lowest BCUT2D eigenvalue weighted by molar-refractivity contribution is 0.00281. The van der Waals surface area contributed by atoms with Crippen LogP contribution in [0.4, 0.5) is 0 Å². The molecule has 0 unspecified atom stereocenters. The number of aryl methyl sites for hydroxylation is 3. The van der Waals surface area contributed by atoms with E-state index in [0.717, 1.165) is 82.4 Å². The van der Waals surface area contributed by atoms with Gasteiger partial charge < -0.3 is 14.7 Å². The molecule has 3 nitrogen and oxygen atoms in total. The van der Waals surface area contributed by atoms with Gasteiger partial charge in [-0.3, -0.25) is 0 Å². The van der Waals surface area contributed by atoms with Gasteiger partial charge in [-0.1, -0.05) is 110 Å². The second kappa shape index (κ2) is 14.9. The zero-order valence-electron chi connectivity index (χ0n) is 46.9. The fourth-order valence-electron chi connectivity index (χ4n) is 15.3. The standard InChI is InChI=1S/3C18H25N/c3*1-13-6-7-14-12-17-15-5-3-4-8-18(15,16(14)11-13)9-10-19(17)2/h3*6-7,11,15,17H,3-5,8-10,12H2,1-2H3/t3*15-,17+,18+/m111/s1/i1D3,2D3;2D3;1D3. The fourth-order valence-corrected chi connectivity index (χ4v) is 15.3. The third-order valence-electron chi connectivity index (χ3n) is 17.9. The highest BCUT2D eigenvalue weighted by molar-refractivity contribution is 5.46. The number of rotatable bonds is 0. The van der Waals surface area contributed by atoms with Crippen LogP contribution in [0.2, 0.25) is 0 Å². The molecular weight excluding hydrogens is 691 g/mol. The lowest BCUT2D eigenvalue weighted by Crippen LogP contribution is -2.59. The summed E-state index contributed by atoms with van der Waals surface area (Å²) in [5, 5.41) is 0. The van der Waals surface area contributed by atoms with Crippen molar-refractivity contribution < 1.29 is 16.4 Å². The van der Waals surface area contributed by atoms with Crippen LogP contribution in [0.3, 0.4) is 0 Å². The molecule has 9 atom stereocenters. The van der Waals surface area contributed by atoms with Gasteiger partial charge >= 0.3 is 0 Å². The van der Waals surface area contributed by atoms with Gasteiger partial charge in [0.2, 0.25) is 0 Å². The van der Waals surface area contributed by atoms with Gasteiger partial charge in [-0.15, -0.1) is 0 Å². The summed E-state index contributed by atoms with van der Waals surface area (Å²) in [4.78, 5) is 6.13. The number of hydrogen-bond acceptors (Lipinski definition) is 3. The van der Waals surface area contributed by atoms with E-state index in [1.54, 1.807) is 16.5 Å². The molecule has 6 fully saturated rings. The highest BCUT2D eigenvalue weighted by atomic mass is 15.2. The molecule has 3 saturated carbocycles. The second-order valence-electron chi connectivity index (χ2n) is 20.4. The normalized spacial score (nSPS) is 41.6. The minimum absolute atomic E-state index is 0.0283. The lowest BCUT2D eigenvalue weighted by Gasteiger charge is -2.58. The molecular formula is C54H75N3. The van der Waals surface area contributed by atoms with Crippen LogP contribution in [-0.4, -0.2) is 73.5 Å². The summed E-state index contributed by atoms with van der Waals surface area (Å²) >= 11 is 0. The Bertz CT molecular complexity index is 2390. The second-order valence-corrected chi connectivity index (χ2v) is 20.4. The van der Waals surface area contributed by atoms with Crippen LogP contribution in [-0.2, 0) is 35.5 Å². The van der Waals surface area contributed by atoms with Crippen molar-refractivity contribution in [2.24, 2.45) is 17.8 Å². The fraction of sp³-hybridized carbons (Fsp3) is 0.667. The Morgan fingerprint density at radius 1 is 0.474 bits per heavy atom. The molecule has 12 rings (SSSR count). The van der Waals surface area contributed by atoms with Crippen molar-refractivity contribution in [3.05, 3.63) is 105 Å². The summed E-state index contributed by atoms with van der Waals surface area (Å²) in [6, 6.07) is 19.3. The highest BCUT2D eigenvalue weighted by Crippen LogP contribution is 2.58. The van der Waals surface area contributed by atoms with Gasteiger partial charge in [0.05, 0.1) is 0 Å². The van der Waals surface area contributed by atoms with Crippen LogP contribution in [0.25, 0.3) is 0 Å². The molecule has 9 aliphatic rings. The molecule has 3 aliphatic heterocycles. The summed E-state index contributed by atoms with van der Waals surface area (Å²) in [5.74, 6) is 1.58. The average Bonchev–Trinajstić information content (AvgIpc) is 3.29. The van der Waals surface area contributed by atoms with Crippen LogP contribution >= 0.6 is 0 Å². The van der Waals surface area contributed by atoms with Crippen LogP contribution in [0.1, 0.15) is 163 Å². The van der Waals surface area contributed by atoms with Gasteiger partial charge in [-0.05, 0) is 189 Å². The molecule has 57 heavy (non-hydrogen) atoms. The van der Waals surface area contributed by atoms with Crippen LogP contribution in [0.15, 0.2) is 54.6 Å². The van der Waals surface area contributed by atoms with Crippen LogP contribution in [0.5, 0.6) is 0 Å². The molecule has 306 valence electrons. The molecule has 6 aliphatic carbocycles. The first kappa shape index (κ1) is 27.4. The predicted octanol–water partition coefficient (Wildman–Crippen LogP) is 11.0. The summed E-state index contributed by atoms with van der Waals surface area (Å²) in [6.45, 7) is -3.44. The molecule has 0 N–H and O–H groups in total. The van der Waals surface area contributed by atoms with E-state index in [4.69, 9.17) is 16.4 Å². The lowest BCUT2D eigenvalue weighted by atomic mass is 9.52. The summed E-state index contributed by atoms with van der Waals surface area (Å²) in [6.07, 6.45) is 20.4. The van der Waals surface area contributed by atoms with E-state index in [0.29, 0.717) is 35.5 Å². The first-order valence-corrected chi connectivity index (χ1v) is 23.1. The maximum atomic E-state index is 7.94. The first-order chi connectivity index (χ1) is 32.5. The summed E-state index contributed by atoms with van der Waals surface area (Å²) < 4.78 is 94.2. The zero-order valence-corrected chi connectivity index (χ0v) is 34.9. The Labute approximate surface area is 364 Å². The van der Waals surface area contributed by atoms with Gasteiger partial charge in [-0.25, -0.2) is 0 Å². The van der Waals surface area contributed by atoms with Gasteiger partial charge in [0.15, 0.2) is 0 Å². The molecule has 3 aromatic rings. The summed E-state index contributed by atoms with van der Waals surface area (Å²) in [5.41, 5.74) is 10.9. The van der Waals surface area contributed by atoms with E-state index in [9.17, 15) is 0 Å². The predicted molar refractivity (Wildman–Crippen MR) is 239 cm³/mol. The number of piperidine rings is 3. The summed E-state index contributed by atoms with van der Waals surface area (Å²) in [7, 11) is 2.27. The Kier molecular flexibility index (Phi) is 7.17. The van der Waals surface area contributed by atoms with Crippen molar-refractivity contribution in [3.8, 4) is 0 Å². The average molecular weight is 778 g/mol. The zero-order chi connectivity index (χ0) is 49.1. The van der Waals surface area contributed by atoms with Crippen LogP contribution in [0, 0.1) is 38.4 Å². The van der Waals surface area contributed by atoms with Crippen LogP contribution < -0.4 is 0 Å². The van der Waals surface area contributed by atoms with E-state index < -0.39 is 27.7 Å². The quantitative estimate of drug-likeness (QED) is 0.225. The number of hydrogen-bond donors (Lipinski definition) is 0. The number of likely N-dealkylation sites (tertiary alicyclic amines) is 3. The monoisotopic (exact) mass is 778 g/mol. The van der Waals surface area contributed by atoms with Crippen molar-refractivity contribution in [2.75, 3.05) is 40.6 Å². The molecule has 3 aromatic carbocycles. The molecule has 3 saturated heterocycles. The largest absolute Gasteiger partial charge is 0.303 e. The number of nitrogens with zero attached hydrogens (tertiary/aromatic N) is 3. The van der Waals surface area contributed by atoms with Crippen molar-refractivity contribution >= 4 is 0 Å². The maximum Gasteiger partial charge on any atom is 0.0394 e. The Morgan fingerprint density at radius 3 is 1.25 bits per heavy atom. The van der Waals surface area contributed by atoms with E-state index in [1.807, 2.05) is 29.2 Å². The molecule has 0 amide bonds. The molecule has 6 bridgehead atoms. The van der Waals surface area contributed by atoms with E-state index in [2.05, 4.69) is 43.1 Å². The van der Waals surface area contributed by atoms with Crippen molar-refractivity contribution in [1.82, 2.24) is 14.7 Å². The first-order valence-electron chi connectivity index (χ1n) is 29.1. The van der Waals surface area contributed by atoms with Crippen molar-refractivity contribution in [2.45, 2.75) is 171 Å². The Balaban J connectivity index is 0.000000121. The topological polar surface area (TPSA) is 9.72 Å². The van der Waals surface area contributed by atoms with Gasteiger partial charge in [0.25, 0.3) is 0 Å². The van der Waals surface area contributed by atoms with Gasteiger partial charge in [0, 0.05) is 50.8 Å². The van der Waals surface area contributed by atoms with Crippen molar-refractivity contribution in [1.29, 1.82) is 0 Å². The number of likely N-dealkylation sites (N-methyl/N-ethyl adjacent to an activating group) is 3. The van der Waals surface area contributed by atoms with E-state index in [-0.39, 0.29) is 28.3 Å². The molecule has 0 radical (unpaired) electrons. The third kappa shape index (κ3) is 6.28. The minimum Gasteiger partial charge on any atom is -0.303 e. The molecule has 0 aromatic heterocycles. The Morgan fingerprint density at radius 2 is 0.842 bits per heavy atom. The van der Waals surface area contributed by atoms with E-state index >= 15 is 0 Å². The molecule has 3 heteroatoms.